The summed E-state index contributed by atoms with van der Waals surface area (Å²) in [6.45, 7) is 2.47. The third-order valence-corrected chi connectivity index (χ3v) is 3.28. The van der Waals surface area contributed by atoms with Gasteiger partial charge < -0.3 is 9.47 Å². The highest BCUT2D eigenvalue weighted by Crippen LogP contribution is 2.33. The first kappa shape index (κ1) is 13.3. The summed E-state index contributed by atoms with van der Waals surface area (Å²) in [5, 5.41) is 0.416. The van der Waals surface area contributed by atoms with E-state index in [0.29, 0.717) is 10.1 Å². The summed E-state index contributed by atoms with van der Waals surface area (Å²) in [5.41, 5.74) is -0.192. The number of ether oxygens (including phenoxy) is 2. The van der Waals surface area contributed by atoms with Crippen molar-refractivity contribution >= 4 is 33.6 Å². The molecular weight excluding hydrogens is 270 g/mol. The smallest absolute Gasteiger partial charge is 0.308 e. The highest BCUT2D eigenvalue weighted by molar-refractivity contribution is 7.13. The number of aromatic nitrogens is 1. The Labute approximate surface area is 112 Å². The van der Waals surface area contributed by atoms with E-state index in [4.69, 9.17) is 9.47 Å². The maximum absolute atomic E-state index is 11.8. The molecule has 0 atom stereocenters. The molecule has 7 heteroatoms. The molecule has 100 valence electrons. The van der Waals surface area contributed by atoms with Crippen LogP contribution in [0.15, 0.2) is 16.9 Å². The molecule has 0 amide bonds. The Morgan fingerprint density at radius 2 is 1.63 bits per heavy atom. The number of aryl methyl sites for hydroxylation is 1. The van der Waals surface area contributed by atoms with Gasteiger partial charge >= 0.3 is 11.9 Å². The molecule has 2 aromatic rings. The van der Waals surface area contributed by atoms with Crippen molar-refractivity contribution in [2.45, 2.75) is 13.8 Å². The number of esters is 2. The van der Waals surface area contributed by atoms with Gasteiger partial charge in [0.2, 0.25) is 0 Å². The molecule has 0 aliphatic heterocycles. The van der Waals surface area contributed by atoms with Crippen molar-refractivity contribution in [3.8, 4) is 11.5 Å². The minimum atomic E-state index is -0.556. The van der Waals surface area contributed by atoms with E-state index in [1.165, 1.54) is 41.5 Å². The molecule has 0 spiro atoms. The highest BCUT2D eigenvalue weighted by atomic mass is 32.1. The number of hydrogen-bond acceptors (Lipinski definition) is 6. The van der Waals surface area contributed by atoms with Crippen LogP contribution in [-0.2, 0) is 16.6 Å². The molecule has 1 aromatic heterocycles. The number of carbonyl (C=O) groups excluding carboxylic acids is 2. The molecule has 19 heavy (non-hydrogen) atoms. The van der Waals surface area contributed by atoms with Crippen LogP contribution in [0.25, 0.3) is 10.1 Å². The SMILES string of the molecule is CC(=O)Oc1cc2sn(C)c(=O)c2cc1OC(C)=O. The van der Waals surface area contributed by atoms with Crippen LogP contribution in [0.5, 0.6) is 11.5 Å². The lowest BCUT2D eigenvalue weighted by atomic mass is 10.2. The summed E-state index contributed by atoms with van der Waals surface area (Å²) in [5.74, 6) is -0.904. The maximum Gasteiger partial charge on any atom is 0.308 e. The summed E-state index contributed by atoms with van der Waals surface area (Å²) in [6.07, 6.45) is 0. The summed E-state index contributed by atoms with van der Waals surface area (Å²) in [6, 6.07) is 2.93. The Balaban J connectivity index is 2.65. The first-order valence-electron chi connectivity index (χ1n) is 5.39. The van der Waals surface area contributed by atoms with E-state index < -0.39 is 11.9 Å². The van der Waals surface area contributed by atoms with Gasteiger partial charge in [-0.2, -0.15) is 0 Å². The topological polar surface area (TPSA) is 74.6 Å². The number of nitrogens with zero attached hydrogens (tertiary/aromatic N) is 1. The number of carbonyl (C=O) groups is 2. The zero-order chi connectivity index (χ0) is 14.2. The van der Waals surface area contributed by atoms with Gasteiger partial charge in [0.15, 0.2) is 11.5 Å². The van der Waals surface area contributed by atoms with Crippen molar-refractivity contribution in [2.24, 2.45) is 7.05 Å². The summed E-state index contributed by atoms with van der Waals surface area (Å²) in [4.78, 5) is 33.9. The molecule has 0 fully saturated rings. The van der Waals surface area contributed by atoms with Crippen LogP contribution in [-0.4, -0.2) is 15.9 Å². The molecular formula is C12H11NO5S. The minimum Gasteiger partial charge on any atom is -0.423 e. The van der Waals surface area contributed by atoms with Gasteiger partial charge in [0.1, 0.15) is 0 Å². The molecule has 0 unspecified atom stereocenters. The molecule has 1 heterocycles. The van der Waals surface area contributed by atoms with Crippen LogP contribution >= 0.6 is 11.5 Å². The quantitative estimate of drug-likeness (QED) is 0.615. The molecule has 1 aromatic carbocycles. The average molecular weight is 281 g/mol. The van der Waals surface area contributed by atoms with E-state index in [9.17, 15) is 14.4 Å². The van der Waals surface area contributed by atoms with Crippen LogP contribution < -0.4 is 15.0 Å². The molecule has 0 aliphatic rings. The van der Waals surface area contributed by atoms with E-state index in [-0.39, 0.29) is 17.1 Å². The normalized spacial score (nSPS) is 10.5. The van der Waals surface area contributed by atoms with Crippen molar-refractivity contribution in [2.75, 3.05) is 0 Å². The highest BCUT2D eigenvalue weighted by Gasteiger charge is 2.15. The van der Waals surface area contributed by atoms with Crippen LogP contribution in [0.4, 0.5) is 0 Å². The zero-order valence-corrected chi connectivity index (χ0v) is 11.4. The average Bonchev–Trinajstić information content (AvgIpc) is 2.54. The first-order chi connectivity index (χ1) is 8.88. The number of rotatable bonds is 2. The number of benzene rings is 1. The van der Waals surface area contributed by atoms with Gasteiger partial charge in [0.25, 0.3) is 5.56 Å². The summed E-state index contributed by atoms with van der Waals surface area (Å²) < 4.78 is 12.0. The summed E-state index contributed by atoms with van der Waals surface area (Å²) >= 11 is 1.22. The van der Waals surface area contributed by atoms with Gasteiger partial charge in [-0.3, -0.25) is 18.3 Å². The van der Waals surface area contributed by atoms with Gasteiger partial charge in [0, 0.05) is 27.0 Å². The minimum absolute atomic E-state index is 0.0608. The Hall–Kier alpha value is -2.15. The molecule has 2 rings (SSSR count). The van der Waals surface area contributed by atoms with Gasteiger partial charge in [-0.25, -0.2) is 0 Å². The molecule has 6 nitrogen and oxygen atoms in total. The second-order valence-corrected chi connectivity index (χ2v) is 5.05. The fourth-order valence-corrected chi connectivity index (χ4v) is 2.49. The second kappa shape index (κ2) is 4.85. The van der Waals surface area contributed by atoms with E-state index in [0.717, 1.165) is 0 Å². The Morgan fingerprint density at radius 1 is 1.11 bits per heavy atom. The predicted octanol–water partition coefficient (Wildman–Crippen LogP) is 1.45. The lowest BCUT2D eigenvalue weighted by molar-refractivity contribution is -0.134. The Morgan fingerprint density at radius 3 is 2.16 bits per heavy atom. The van der Waals surface area contributed by atoms with E-state index in [2.05, 4.69) is 0 Å². The van der Waals surface area contributed by atoms with E-state index in [1.54, 1.807) is 7.05 Å². The Kier molecular flexibility index (Phi) is 3.39. The monoisotopic (exact) mass is 281 g/mol. The largest absolute Gasteiger partial charge is 0.423 e. The molecule has 0 bridgehead atoms. The maximum atomic E-state index is 11.8. The van der Waals surface area contributed by atoms with Gasteiger partial charge in [-0.15, -0.1) is 0 Å². The lowest BCUT2D eigenvalue weighted by Crippen LogP contribution is -2.09. The second-order valence-electron chi connectivity index (χ2n) is 3.88. The number of hydrogen-bond donors (Lipinski definition) is 0. The van der Waals surface area contributed by atoms with E-state index >= 15 is 0 Å². The molecule has 0 aliphatic carbocycles. The zero-order valence-electron chi connectivity index (χ0n) is 10.6. The third kappa shape index (κ3) is 2.65. The van der Waals surface area contributed by atoms with Crippen molar-refractivity contribution in [3.05, 3.63) is 22.5 Å². The first-order valence-corrected chi connectivity index (χ1v) is 6.16. The van der Waals surface area contributed by atoms with Crippen LogP contribution in [0.2, 0.25) is 0 Å². The van der Waals surface area contributed by atoms with Gasteiger partial charge in [0.05, 0.1) is 10.1 Å². The van der Waals surface area contributed by atoms with Gasteiger partial charge in [-0.1, -0.05) is 11.5 Å². The third-order valence-electron chi connectivity index (χ3n) is 2.30. The number of fused-ring (bicyclic) bond motifs is 1. The molecule has 0 saturated heterocycles. The fraction of sp³-hybridized carbons (Fsp3) is 0.250. The Bertz CT molecular complexity index is 728. The predicted molar refractivity (Wildman–Crippen MR) is 69.7 cm³/mol. The van der Waals surface area contributed by atoms with Crippen molar-refractivity contribution in [3.63, 3.8) is 0 Å². The molecule has 0 N–H and O–H groups in total. The van der Waals surface area contributed by atoms with E-state index in [1.807, 2.05) is 0 Å². The van der Waals surface area contributed by atoms with Crippen LogP contribution in [0, 0.1) is 0 Å². The van der Waals surface area contributed by atoms with Crippen molar-refractivity contribution in [1.82, 2.24) is 3.96 Å². The molecule has 0 radical (unpaired) electrons. The molecule has 0 saturated carbocycles. The van der Waals surface area contributed by atoms with Crippen molar-refractivity contribution < 1.29 is 19.1 Å². The van der Waals surface area contributed by atoms with Crippen LogP contribution in [0.1, 0.15) is 13.8 Å². The standard InChI is InChI=1S/C12H11NO5S/c1-6(14)17-9-4-8-11(19-13(3)12(8)16)5-10(9)18-7(2)15/h4-5H,1-3H3. The lowest BCUT2D eigenvalue weighted by Gasteiger charge is -2.07. The fourth-order valence-electron chi connectivity index (χ4n) is 1.61. The summed E-state index contributed by atoms with van der Waals surface area (Å²) in [7, 11) is 1.63. The van der Waals surface area contributed by atoms with Crippen LogP contribution in [0.3, 0.4) is 0 Å². The van der Waals surface area contributed by atoms with Crippen molar-refractivity contribution in [1.29, 1.82) is 0 Å². The van der Waals surface area contributed by atoms with Gasteiger partial charge in [-0.05, 0) is 6.07 Å².